The maximum absolute atomic E-state index is 12.2. The maximum atomic E-state index is 12.2. The molecular weight excluding hydrogens is 312 g/mol. The first kappa shape index (κ1) is 17.4. The number of thiocarbonyl (C=S) groups is 1. The summed E-state index contributed by atoms with van der Waals surface area (Å²) in [4.78, 5) is 25.6. The van der Waals surface area contributed by atoms with E-state index in [2.05, 4.69) is 12.2 Å². The fourth-order valence-corrected chi connectivity index (χ4v) is 2.70. The Bertz CT molecular complexity index is 562. The van der Waals surface area contributed by atoms with E-state index in [1.807, 2.05) is 30.3 Å². The number of carbonyl (C=O) groups is 2. The van der Waals surface area contributed by atoms with E-state index in [9.17, 15) is 9.59 Å². The van der Waals surface area contributed by atoms with Gasteiger partial charge in [-0.05, 0) is 30.6 Å². The van der Waals surface area contributed by atoms with Crippen LogP contribution in [0.15, 0.2) is 30.3 Å². The largest absolute Gasteiger partial charge is 0.461 e. The molecule has 1 aromatic rings. The Balaban J connectivity index is 1.74. The molecule has 1 aliphatic rings. The highest BCUT2D eigenvalue weighted by molar-refractivity contribution is 7.80. The number of ether oxygens (including phenoxy) is 1. The van der Waals surface area contributed by atoms with Crippen molar-refractivity contribution in [2.75, 3.05) is 6.54 Å². The van der Waals surface area contributed by atoms with Gasteiger partial charge in [0.05, 0.1) is 0 Å². The predicted octanol–water partition coefficient (Wildman–Crippen LogP) is 2.40. The van der Waals surface area contributed by atoms with Crippen LogP contribution in [-0.2, 0) is 20.9 Å². The minimum atomic E-state index is -0.413. The third-order valence-corrected chi connectivity index (χ3v) is 4.06. The summed E-state index contributed by atoms with van der Waals surface area (Å²) >= 11 is 5.18. The molecule has 0 bridgehead atoms. The standard InChI is InChI=1S/C17H22N2O3S/c1-2-3-11-19-16(21)14(18-17(19)23)9-10-15(20)22-12-13-7-5-4-6-8-13/h4-8,14H,2-3,9-12H2,1H3,(H,18,23)/t14-/m0/s1. The van der Waals surface area contributed by atoms with E-state index in [4.69, 9.17) is 17.0 Å². The van der Waals surface area contributed by atoms with Gasteiger partial charge in [0, 0.05) is 13.0 Å². The molecule has 1 aromatic carbocycles. The summed E-state index contributed by atoms with van der Waals surface area (Å²) in [6.07, 6.45) is 2.51. The molecule has 124 valence electrons. The van der Waals surface area contributed by atoms with Gasteiger partial charge in [0.25, 0.3) is 5.91 Å². The number of hydrogen-bond donors (Lipinski definition) is 1. The Morgan fingerprint density at radius 3 is 2.78 bits per heavy atom. The molecule has 1 N–H and O–H groups in total. The molecule has 0 saturated carbocycles. The fourth-order valence-electron chi connectivity index (χ4n) is 2.37. The third kappa shape index (κ3) is 5.03. The first-order valence-electron chi connectivity index (χ1n) is 7.93. The lowest BCUT2D eigenvalue weighted by Crippen LogP contribution is -2.32. The van der Waals surface area contributed by atoms with Crippen molar-refractivity contribution in [3.05, 3.63) is 35.9 Å². The molecule has 1 amide bonds. The number of hydrogen-bond acceptors (Lipinski definition) is 4. The van der Waals surface area contributed by atoms with Crippen LogP contribution in [0.2, 0.25) is 0 Å². The molecule has 0 unspecified atom stereocenters. The van der Waals surface area contributed by atoms with Gasteiger partial charge in [-0.25, -0.2) is 0 Å². The van der Waals surface area contributed by atoms with Crippen LogP contribution in [0.25, 0.3) is 0 Å². The van der Waals surface area contributed by atoms with E-state index in [0.29, 0.717) is 18.1 Å². The summed E-state index contributed by atoms with van der Waals surface area (Å²) in [7, 11) is 0. The molecule has 1 fully saturated rings. The Morgan fingerprint density at radius 2 is 2.09 bits per heavy atom. The highest BCUT2D eigenvalue weighted by Crippen LogP contribution is 2.13. The summed E-state index contributed by atoms with van der Waals surface area (Å²) in [6.45, 7) is 2.96. The zero-order valence-corrected chi connectivity index (χ0v) is 14.1. The van der Waals surface area contributed by atoms with Crippen molar-refractivity contribution >= 4 is 29.2 Å². The number of nitrogens with zero attached hydrogens (tertiary/aromatic N) is 1. The zero-order chi connectivity index (χ0) is 16.7. The summed E-state index contributed by atoms with van der Waals surface area (Å²) in [5.74, 6) is -0.347. The van der Waals surface area contributed by atoms with Crippen molar-refractivity contribution in [3.63, 3.8) is 0 Å². The molecule has 6 heteroatoms. The van der Waals surface area contributed by atoms with Crippen LogP contribution in [0.5, 0.6) is 0 Å². The molecular formula is C17H22N2O3S. The van der Waals surface area contributed by atoms with Crippen molar-refractivity contribution in [2.45, 2.75) is 45.3 Å². The number of amides is 1. The highest BCUT2D eigenvalue weighted by Gasteiger charge is 2.34. The summed E-state index contributed by atoms with van der Waals surface area (Å²) in [5.41, 5.74) is 0.947. The Morgan fingerprint density at radius 1 is 1.35 bits per heavy atom. The zero-order valence-electron chi connectivity index (χ0n) is 13.3. The van der Waals surface area contributed by atoms with E-state index in [-0.39, 0.29) is 24.9 Å². The maximum Gasteiger partial charge on any atom is 0.306 e. The number of rotatable bonds is 8. The van der Waals surface area contributed by atoms with Gasteiger partial charge in [0.1, 0.15) is 12.6 Å². The lowest BCUT2D eigenvalue weighted by atomic mass is 10.1. The van der Waals surface area contributed by atoms with Crippen LogP contribution in [0.1, 0.15) is 38.2 Å². The fraction of sp³-hybridized carbons (Fsp3) is 0.471. The monoisotopic (exact) mass is 334 g/mol. The van der Waals surface area contributed by atoms with Gasteiger partial charge in [-0.3, -0.25) is 14.5 Å². The number of carbonyl (C=O) groups excluding carboxylic acids is 2. The second kappa shape index (κ2) is 8.62. The van der Waals surface area contributed by atoms with Gasteiger partial charge in [0.15, 0.2) is 5.11 Å². The smallest absolute Gasteiger partial charge is 0.306 e. The van der Waals surface area contributed by atoms with Crippen molar-refractivity contribution in [1.82, 2.24) is 10.2 Å². The summed E-state index contributed by atoms with van der Waals surface area (Å²) in [6, 6.07) is 9.10. The first-order valence-corrected chi connectivity index (χ1v) is 8.34. The van der Waals surface area contributed by atoms with E-state index >= 15 is 0 Å². The highest BCUT2D eigenvalue weighted by atomic mass is 32.1. The molecule has 0 spiro atoms. The average Bonchev–Trinajstić information content (AvgIpc) is 2.84. The molecule has 1 atom stereocenters. The first-order chi connectivity index (χ1) is 11.1. The van der Waals surface area contributed by atoms with Crippen molar-refractivity contribution in [2.24, 2.45) is 0 Å². The molecule has 23 heavy (non-hydrogen) atoms. The van der Waals surface area contributed by atoms with Gasteiger partial charge >= 0.3 is 5.97 Å². The second-order valence-corrected chi connectivity index (χ2v) is 5.92. The normalized spacial score (nSPS) is 17.3. The van der Waals surface area contributed by atoms with E-state index in [1.165, 1.54) is 0 Å². The van der Waals surface area contributed by atoms with Gasteiger partial charge in [-0.1, -0.05) is 43.7 Å². The second-order valence-electron chi connectivity index (χ2n) is 5.53. The lowest BCUT2D eigenvalue weighted by molar-refractivity contribution is -0.145. The van der Waals surface area contributed by atoms with Crippen LogP contribution in [0.3, 0.4) is 0 Å². The average molecular weight is 334 g/mol. The quantitative estimate of drug-likeness (QED) is 0.584. The topological polar surface area (TPSA) is 58.6 Å². The molecule has 0 radical (unpaired) electrons. The van der Waals surface area contributed by atoms with Crippen LogP contribution >= 0.6 is 12.2 Å². The van der Waals surface area contributed by atoms with Crippen LogP contribution < -0.4 is 5.32 Å². The van der Waals surface area contributed by atoms with Crippen LogP contribution in [-0.4, -0.2) is 34.5 Å². The summed E-state index contributed by atoms with van der Waals surface area (Å²) in [5, 5.41) is 3.46. The van der Waals surface area contributed by atoms with Crippen molar-refractivity contribution in [3.8, 4) is 0 Å². The van der Waals surface area contributed by atoms with Gasteiger partial charge in [0.2, 0.25) is 0 Å². The molecule has 1 aliphatic heterocycles. The van der Waals surface area contributed by atoms with Gasteiger partial charge in [-0.15, -0.1) is 0 Å². The molecule has 1 saturated heterocycles. The Labute approximate surface area is 142 Å². The summed E-state index contributed by atoms with van der Waals surface area (Å²) < 4.78 is 5.22. The molecule has 0 aliphatic carbocycles. The Hall–Kier alpha value is -1.95. The molecule has 5 nitrogen and oxygen atoms in total. The SMILES string of the molecule is CCCCN1C(=O)[C@H](CCC(=O)OCc2ccccc2)NC1=S. The molecule has 0 aromatic heterocycles. The number of unbranched alkanes of at least 4 members (excludes halogenated alkanes) is 1. The van der Waals surface area contributed by atoms with Gasteiger partial charge in [-0.2, -0.15) is 0 Å². The molecule has 1 heterocycles. The third-order valence-electron chi connectivity index (χ3n) is 3.72. The van der Waals surface area contributed by atoms with Crippen LogP contribution in [0, 0.1) is 0 Å². The lowest BCUT2D eigenvalue weighted by Gasteiger charge is -2.13. The molecule has 2 rings (SSSR count). The Kier molecular flexibility index (Phi) is 6.52. The van der Waals surface area contributed by atoms with Crippen LogP contribution in [0.4, 0.5) is 0 Å². The minimum Gasteiger partial charge on any atom is -0.461 e. The van der Waals surface area contributed by atoms with Gasteiger partial charge < -0.3 is 10.1 Å². The van der Waals surface area contributed by atoms with Crippen molar-refractivity contribution in [1.29, 1.82) is 0 Å². The number of nitrogens with one attached hydrogen (secondary N) is 1. The van der Waals surface area contributed by atoms with Crippen molar-refractivity contribution < 1.29 is 14.3 Å². The van der Waals surface area contributed by atoms with E-state index in [1.54, 1.807) is 4.90 Å². The number of benzene rings is 1. The van der Waals surface area contributed by atoms with E-state index < -0.39 is 6.04 Å². The predicted molar refractivity (Wildman–Crippen MR) is 91.6 cm³/mol. The minimum absolute atomic E-state index is 0.0423. The number of esters is 1. The van der Waals surface area contributed by atoms with E-state index in [0.717, 1.165) is 18.4 Å².